The minimum absolute atomic E-state index is 0.0861. The van der Waals surface area contributed by atoms with Crippen molar-refractivity contribution in [2.24, 2.45) is 0 Å². The van der Waals surface area contributed by atoms with Crippen molar-refractivity contribution in [3.63, 3.8) is 0 Å². The van der Waals surface area contributed by atoms with Crippen LogP contribution in [0, 0.1) is 6.92 Å². The van der Waals surface area contributed by atoms with Crippen molar-refractivity contribution < 1.29 is 4.79 Å². The number of carbonyl (C=O) groups is 1. The van der Waals surface area contributed by atoms with E-state index in [1.807, 2.05) is 37.4 Å². The van der Waals surface area contributed by atoms with Crippen molar-refractivity contribution in [1.82, 2.24) is 19.9 Å². The normalized spacial score (nSPS) is 11.8. The quantitative estimate of drug-likeness (QED) is 0.802. The third-order valence-electron chi connectivity index (χ3n) is 3.62. The highest BCUT2D eigenvalue weighted by atomic mass is 32.1. The summed E-state index contributed by atoms with van der Waals surface area (Å²) in [6, 6.07) is 7.76. The summed E-state index contributed by atoms with van der Waals surface area (Å²) in [7, 11) is 0. The second-order valence-electron chi connectivity index (χ2n) is 6.62. The van der Waals surface area contributed by atoms with E-state index in [4.69, 9.17) is 0 Å². The van der Waals surface area contributed by atoms with Crippen LogP contribution in [0.25, 0.3) is 4.96 Å². The Morgan fingerprint density at radius 3 is 2.57 bits per heavy atom. The minimum Gasteiger partial charge on any atom is -0.345 e. The molecule has 0 radical (unpaired) electrons. The number of imidazole rings is 1. The molecule has 3 rings (SSSR count). The molecule has 3 aromatic rings. The molecule has 0 atom stereocenters. The highest BCUT2D eigenvalue weighted by Gasteiger charge is 2.14. The van der Waals surface area contributed by atoms with Crippen molar-refractivity contribution >= 4 is 22.2 Å². The van der Waals surface area contributed by atoms with Crippen LogP contribution < -0.4 is 5.32 Å². The number of benzene rings is 1. The zero-order valence-corrected chi connectivity index (χ0v) is 14.6. The molecule has 2 aromatic heterocycles. The number of fused-ring (bicyclic) bond motifs is 1. The first-order valence-electron chi connectivity index (χ1n) is 7.53. The van der Waals surface area contributed by atoms with E-state index < -0.39 is 0 Å². The number of hydrogen-bond donors (Lipinski definition) is 1. The van der Waals surface area contributed by atoms with Gasteiger partial charge in [0.2, 0.25) is 4.96 Å². The Labute approximate surface area is 139 Å². The summed E-state index contributed by atoms with van der Waals surface area (Å²) >= 11 is 1.49. The molecule has 1 N–H and O–H groups in total. The molecule has 0 spiro atoms. The van der Waals surface area contributed by atoms with E-state index in [-0.39, 0.29) is 11.3 Å². The number of nitrogens with one attached hydrogen (secondary N) is 1. The lowest BCUT2D eigenvalue weighted by atomic mass is 9.87. The molecular formula is C17H20N4OS. The molecule has 0 saturated heterocycles. The number of aryl methyl sites for hydroxylation is 1. The lowest BCUT2D eigenvalue weighted by Gasteiger charge is -2.19. The van der Waals surface area contributed by atoms with E-state index >= 15 is 0 Å². The Balaban J connectivity index is 1.65. The average Bonchev–Trinajstić information content (AvgIpc) is 3.00. The number of nitrogens with zero attached hydrogens (tertiary/aromatic N) is 3. The predicted octanol–water partition coefficient (Wildman–Crippen LogP) is 3.33. The first-order valence-corrected chi connectivity index (χ1v) is 8.35. The van der Waals surface area contributed by atoms with Gasteiger partial charge in [0.05, 0.1) is 18.4 Å². The number of rotatable bonds is 3. The minimum atomic E-state index is -0.0884. The van der Waals surface area contributed by atoms with E-state index in [9.17, 15) is 4.79 Å². The monoisotopic (exact) mass is 328 g/mol. The fraction of sp³-hybridized carbons (Fsp3) is 0.353. The number of amides is 1. The summed E-state index contributed by atoms with van der Waals surface area (Å²) in [6.07, 6.45) is 1.88. The molecule has 5 nitrogen and oxygen atoms in total. The summed E-state index contributed by atoms with van der Waals surface area (Å²) in [4.78, 5) is 17.4. The molecule has 2 heterocycles. The molecule has 1 aromatic carbocycles. The van der Waals surface area contributed by atoms with Crippen molar-refractivity contribution in [2.45, 2.75) is 39.7 Å². The first-order chi connectivity index (χ1) is 10.8. The molecule has 23 heavy (non-hydrogen) atoms. The van der Waals surface area contributed by atoms with Crippen molar-refractivity contribution in [2.75, 3.05) is 0 Å². The lowest BCUT2D eigenvalue weighted by molar-refractivity contribution is 0.0950. The zero-order chi connectivity index (χ0) is 16.6. The highest BCUT2D eigenvalue weighted by Crippen LogP contribution is 2.22. The predicted molar refractivity (Wildman–Crippen MR) is 91.9 cm³/mol. The maximum atomic E-state index is 12.2. The van der Waals surface area contributed by atoms with Crippen molar-refractivity contribution in [1.29, 1.82) is 0 Å². The van der Waals surface area contributed by atoms with Crippen LogP contribution in [0.5, 0.6) is 0 Å². The van der Waals surface area contributed by atoms with Gasteiger partial charge in [0.15, 0.2) is 0 Å². The molecule has 120 valence electrons. The van der Waals surface area contributed by atoms with Gasteiger partial charge in [-0.25, -0.2) is 9.50 Å². The number of carbonyl (C=O) groups excluding carboxylic acids is 1. The van der Waals surface area contributed by atoms with Crippen molar-refractivity contribution in [3.8, 4) is 0 Å². The summed E-state index contributed by atoms with van der Waals surface area (Å²) < 4.78 is 1.75. The van der Waals surface area contributed by atoms with E-state index in [0.29, 0.717) is 12.1 Å². The Morgan fingerprint density at radius 2 is 1.96 bits per heavy atom. The van der Waals surface area contributed by atoms with Gasteiger partial charge in [-0.1, -0.05) is 44.2 Å². The van der Waals surface area contributed by atoms with Gasteiger partial charge in [-0.3, -0.25) is 4.79 Å². The molecule has 0 unspecified atom stereocenters. The largest absolute Gasteiger partial charge is 0.345 e. The molecule has 0 aliphatic heterocycles. The van der Waals surface area contributed by atoms with Crippen LogP contribution in [0.1, 0.15) is 47.4 Å². The fourth-order valence-corrected chi connectivity index (χ4v) is 3.16. The van der Waals surface area contributed by atoms with Gasteiger partial charge in [-0.05, 0) is 30.0 Å². The standard InChI is InChI=1S/C17H20N4OS/c1-11-10-21-16(19-11)23-14(20-21)9-18-15(22)12-5-7-13(8-6-12)17(2,3)4/h5-8,10H,9H2,1-4H3,(H,18,22). The van der Waals surface area contributed by atoms with Crippen molar-refractivity contribution in [3.05, 3.63) is 52.3 Å². The fourth-order valence-electron chi connectivity index (χ4n) is 2.30. The number of hydrogen-bond acceptors (Lipinski definition) is 4. The van der Waals surface area contributed by atoms with Gasteiger partial charge in [-0.15, -0.1) is 0 Å². The van der Waals surface area contributed by atoms with E-state index in [2.05, 4.69) is 36.2 Å². The second kappa shape index (κ2) is 5.77. The average molecular weight is 328 g/mol. The third kappa shape index (κ3) is 3.42. The molecule has 0 saturated carbocycles. The van der Waals surface area contributed by atoms with E-state index in [1.54, 1.807) is 4.52 Å². The van der Waals surface area contributed by atoms with Crippen LogP contribution >= 0.6 is 11.3 Å². The Kier molecular flexibility index (Phi) is 3.93. The van der Waals surface area contributed by atoms with Crippen LogP contribution in [0.3, 0.4) is 0 Å². The molecular weight excluding hydrogens is 308 g/mol. The van der Waals surface area contributed by atoms with Gasteiger partial charge in [0.25, 0.3) is 5.91 Å². The zero-order valence-electron chi connectivity index (χ0n) is 13.8. The molecule has 0 fully saturated rings. The Morgan fingerprint density at radius 1 is 1.26 bits per heavy atom. The lowest BCUT2D eigenvalue weighted by Crippen LogP contribution is -2.23. The van der Waals surface area contributed by atoms with Crippen LogP contribution in [0.2, 0.25) is 0 Å². The van der Waals surface area contributed by atoms with Gasteiger partial charge in [0.1, 0.15) is 5.01 Å². The summed E-state index contributed by atoms with van der Waals surface area (Å²) in [5, 5.41) is 8.15. The number of aromatic nitrogens is 3. The summed E-state index contributed by atoms with van der Waals surface area (Å²) in [5.41, 5.74) is 2.90. The van der Waals surface area contributed by atoms with Gasteiger partial charge in [0, 0.05) is 5.56 Å². The molecule has 0 aliphatic rings. The molecule has 1 amide bonds. The molecule has 0 bridgehead atoms. The highest BCUT2D eigenvalue weighted by molar-refractivity contribution is 7.16. The topological polar surface area (TPSA) is 59.3 Å². The van der Waals surface area contributed by atoms with E-state index in [0.717, 1.165) is 15.7 Å². The SMILES string of the molecule is Cc1cn2nc(CNC(=O)c3ccc(C(C)(C)C)cc3)sc2n1. The van der Waals surface area contributed by atoms with Crippen LogP contribution in [0.4, 0.5) is 0 Å². The Bertz CT molecular complexity index is 808. The van der Waals surface area contributed by atoms with E-state index in [1.165, 1.54) is 16.9 Å². The smallest absolute Gasteiger partial charge is 0.251 e. The third-order valence-corrected chi connectivity index (χ3v) is 4.54. The van der Waals surface area contributed by atoms with Gasteiger partial charge in [-0.2, -0.15) is 5.10 Å². The van der Waals surface area contributed by atoms with Crippen LogP contribution in [0.15, 0.2) is 30.5 Å². The van der Waals surface area contributed by atoms with Crippen LogP contribution in [-0.2, 0) is 12.0 Å². The maximum absolute atomic E-state index is 12.2. The van der Waals surface area contributed by atoms with Crippen LogP contribution in [-0.4, -0.2) is 20.5 Å². The Hall–Kier alpha value is -2.21. The molecule has 6 heteroatoms. The summed E-state index contributed by atoms with van der Waals surface area (Å²) in [6.45, 7) is 8.81. The second-order valence-corrected chi connectivity index (χ2v) is 7.66. The molecule has 0 aliphatic carbocycles. The first kappa shape index (κ1) is 15.7. The maximum Gasteiger partial charge on any atom is 0.251 e. The summed E-state index contributed by atoms with van der Waals surface area (Å²) in [5.74, 6) is -0.0884. The van der Waals surface area contributed by atoms with Gasteiger partial charge < -0.3 is 5.32 Å². The van der Waals surface area contributed by atoms with Gasteiger partial charge >= 0.3 is 0 Å².